The summed E-state index contributed by atoms with van der Waals surface area (Å²) in [7, 11) is 1.75. The molecule has 2 aromatic heterocycles. The van der Waals surface area contributed by atoms with Crippen molar-refractivity contribution in [2.45, 2.75) is 45.7 Å². The molecule has 1 saturated carbocycles. The van der Waals surface area contributed by atoms with Gasteiger partial charge in [-0.3, -0.25) is 13.8 Å². The number of nitrogens with one attached hydrogen (secondary N) is 1. The van der Waals surface area contributed by atoms with Gasteiger partial charge < -0.3 is 5.32 Å². The van der Waals surface area contributed by atoms with Crippen LogP contribution in [0, 0.1) is 11.8 Å². The van der Waals surface area contributed by atoms with Crippen LogP contribution < -0.4 is 10.9 Å². The van der Waals surface area contributed by atoms with Crippen LogP contribution >= 0.6 is 0 Å². The third-order valence-electron chi connectivity index (χ3n) is 5.92. The molecule has 3 atom stereocenters. The maximum Gasteiger partial charge on any atom is 0.262 e. The summed E-state index contributed by atoms with van der Waals surface area (Å²) in [6, 6.07) is 8.17. The first-order chi connectivity index (χ1) is 12.1. The van der Waals surface area contributed by atoms with E-state index in [4.69, 9.17) is 0 Å². The van der Waals surface area contributed by atoms with Crippen molar-refractivity contribution in [2.75, 3.05) is 0 Å². The summed E-state index contributed by atoms with van der Waals surface area (Å²) >= 11 is 0. The third kappa shape index (κ3) is 2.65. The molecule has 132 valence electrons. The molecular formula is C19H25N5O. The van der Waals surface area contributed by atoms with Crippen LogP contribution in [0.25, 0.3) is 16.7 Å². The van der Waals surface area contributed by atoms with Crippen molar-refractivity contribution < 1.29 is 0 Å². The molecule has 6 nitrogen and oxygen atoms in total. The second-order valence-electron chi connectivity index (χ2n) is 7.39. The summed E-state index contributed by atoms with van der Waals surface area (Å²) in [5, 5.41) is 13.0. The zero-order valence-corrected chi connectivity index (χ0v) is 15.1. The van der Waals surface area contributed by atoms with E-state index in [9.17, 15) is 4.79 Å². The molecule has 2 heterocycles. The molecule has 1 aliphatic carbocycles. The van der Waals surface area contributed by atoms with Gasteiger partial charge in [0.15, 0.2) is 5.82 Å². The normalized spacial score (nSPS) is 24.2. The first kappa shape index (κ1) is 16.3. The predicted octanol–water partition coefficient (Wildman–Crippen LogP) is 2.50. The van der Waals surface area contributed by atoms with E-state index in [-0.39, 0.29) is 5.56 Å². The molecule has 1 N–H and O–H groups in total. The summed E-state index contributed by atoms with van der Waals surface area (Å²) in [5.41, 5.74) is 0.831. The van der Waals surface area contributed by atoms with E-state index >= 15 is 0 Å². The van der Waals surface area contributed by atoms with E-state index in [0.29, 0.717) is 29.7 Å². The number of hydrogen-bond acceptors (Lipinski definition) is 4. The van der Waals surface area contributed by atoms with E-state index in [1.54, 1.807) is 11.6 Å². The van der Waals surface area contributed by atoms with E-state index in [2.05, 4.69) is 29.4 Å². The highest BCUT2D eigenvalue weighted by Crippen LogP contribution is 2.29. The van der Waals surface area contributed by atoms with Crippen LogP contribution in [0.2, 0.25) is 0 Å². The number of aryl methyl sites for hydroxylation is 1. The van der Waals surface area contributed by atoms with Gasteiger partial charge in [-0.25, -0.2) is 0 Å². The fourth-order valence-corrected chi connectivity index (χ4v) is 4.10. The summed E-state index contributed by atoms with van der Waals surface area (Å²) in [6.07, 6.45) is 3.81. The molecule has 4 rings (SSSR count). The Labute approximate surface area is 146 Å². The standard InChI is InChI=1S/C19H25N5O/c1-12-7-6-9-15(13(12)2)20-11-17-21-22-19-23(3)18(25)14-8-4-5-10-16(14)24(17)19/h4-5,8,10,12-13,15,20H,6-7,9,11H2,1-3H3. The molecule has 0 radical (unpaired) electrons. The lowest BCUT2D eigenvalue weighted by atomic mass is 9.78. The summed E-state index contributed by atoms with van der Waals surface area (Å²) in [4.78, 5) is 12.5. The van der Waals surface area contributed by atoms with Gasteiger partial charge in [0.1, 0.15) is 0 Å². The van der Waals surface area contributed by atoms with Crippen LogP contribution in [-0.2, 0) is 13.6 Å². The second kappa shape index (κ2) is 6.26. The molecule has 1 aromatic carbocycles. The Morgan fingerprint density at radius 2 is 2.00 bits per heavy atom. The van der Waals surface area contributed by atoms with Crippen molar-refractivity contribution in [3.63, 3.8) is 0 Å². The van der Waals surface area contributed by atoms with Crippen LogP contribution in [0.4, 0.5) is 0 Å². The summed E-state index contributed by atoms with van der Waals surface area (Å²) < 4.78 is 3.57. The largest absolute Gasteiger partial charge is 0.307 e. The van der Waals surface area contributed by atoms with Gasteiger partial charge in [-0.1, -0.05) is 38.8 Å². The fourth-order valence-electron chi connectivity index (χ4n) is 4.10. The van der Waals surface area contributed by atoms with Crippen molar-refractivity contribution in [1.82, 2.24) is 24.5 Å². The van der Waals surface area contributed by atoms with E-state index in [0.717, 1.165) is 17.3 Å². The average Bonchev–Trinajstić information content (AvgIpc) is 3.05. The molecule has 0 bridgehead atoms. The molecule has 0 aliphatic heterocycles. The predicted molar refractivity (Wildman–Crippen MR) is 98.5 cm³/mol. The van der Waals surface area contributed by atoms with Crippen molar-refractivity contribution >= 4 is 16.7 Å². The van der Waals surface area contributed by atoms with Gasteiger partial charge in [0.2, 0.25) is 5.78 Å². The lowest BCUT2D eigenvalue weighted by Crippen LogP contribution is -2.40. The lowest BCUT2D eigenvalue weighted by molar-refractivity contribution is 0.205. The van der Waals surface area contributed by atoms with Crippen molar-refractivity contribution in [1.29, 1.82) is 0 Å². The molecule has 1 aliphatic rings. The zero-order chi connectivity index (χ0) is 17.6. The number of para-hydroxylation sites is 1. The summed E-state index contributed by atoms with van der Waals surface area (Å²) in [5.74, 6) is 2.86. The molecular weight excluding hydrogens is 314 g/mol. The number of aromatic nitrogens is 4. The van der Waals surface area contributed by atoms with Gasteiger partial charge in [0, 0.05) is 13.1 Å². The van der Waals surface area contributed by atoms with Gasteiger partial charge in [-0.15, -0.1) is 10.2 Å². The average molecular weight is 339 g/mol. The Hall–Kier alpha value is -2.21. The molecule has 3 aromatic rings. The molecule has 0 amide bonds. The monoisotopic (exact) mass is 339 g/mol. The zero-order valence-electron chi connectivity index (χ0n) is 15.1. The maximum absolute atomic E-state index is 12.5. The number of fused-ring (bicyclic) bond motifs is 3. The van der Waals surface area contributed by atoms with Crippen molar-refractivity contribution in [2.24, 2.45) is 18.9 Å². The quantitative estimate of drug-likeness (QED) is 0.796. The van der Waals surface area contributed by atoms with Crippen LogP contribution in [-0.4, -0.2) is 25.2 Å². The highest BCUT2D eigenvalue weighted by Gasteiger charge is 2.27. The van der Waals surface area contributed by atoms with E-state index in [1.807, 2.05) is 28.7 Å². The van der Waals surface area contributed by atoms with Crippen LogP contribution in [0.5, 0.6) is 0 Å². The lowest BCUT2D eigenvalue weighted by Gasteiger charge is -2.34. The Morgan fingerprint density at radius 3 is 2.84 bits per heavy atom. The number of benzene rings is 1. The van der Waals surface area contributed by atoms with Crippen LogP contribution in [0.15, 0.2) is 29.1 Å². The smallest absolute Gasteiger partial charge is 0.262 e. The van der Waals surface area contributed by atoms with Crippen LogP contribution in [0.1, 0.15) is 38.9 Å². The van der Waals surface area contributed by atoms with Gasteiger partial charge >= 0.3 is 0 Å². The third-order valence-corrected chi connectivity index (χ3v) is 5.92. The molecule has 25 heavy (non-hydrogen) atoms. The van der Waals surface area contributed by atoms with Gasteiger partial charge in [0.05, 0.1) is 17.4 Å². The van der Waals surface area contributed by atoms with E-state index < -0.39 is 0 Å². The maximum atomic E-state index is 12.5. The second-order valence-corrected chi connectivity index (χ2v) is 7.39. The number of nitrogens with zero attached hydrogens (tertiary/aromatic N) is 4. The minimum atomic E-state index is -0.0373. The molecule has 6 heteroatoms. The topological polar surface area (TPSA) is 64.2 Å². The van der Waals surface area contributed by atoms with Crippen molar-refractivity contribution in [3.05, 3.63) is 40.4 Å². The molecule has 0 spiro atoms. The number of hydrogen-bond donors (Lipinski definition) is 1. The first-order valence-electron chi connectivity index (χ1n) is 9.13. The minimum absolute atomic E-state index is 0.0373. The fraction of sp³-hybridized carbons (Fsp3) is 0.526. The molecule has 3 unspecified atom stereocenters. The Kier molecular flexibility index (Phi) is 4.07. The van der Waals surface area contributed by atoms with E-state index in [1.165, 1.54) is 19.3 Å². The van der Waals surface area contributed by atoms with Gasteiger partial charge in [0.25, 0.3) is 5.56 Å². The SMILES string of the molecule is CC1CCCC(NCc2nnc3n(C)c(=O)c4ccccc4n23)C1C. The van der Waals surface area contributed by atoms with Crippen molar-refractivity contribution in [3.8, 4) is 0 Å². The summed E-state index contributed by atoms with van der Waals surface area (Å²) in [6.45, 7) is 5.34. The number of rotatable bonds is 3. The highest BCUT2D eigenvalue weighted by atomic mass is 16.1. The first-order valence-corrected chi connectivity index (χ1v) is 9.13. The molecule has 0 saturated heterocycles. The Morgan fingerprint density at radius 1 is 1.20 bits per heavy atom. The molecule has 1 fully saturated rings. The highest BCUT2D eigenvalue weighted by molar-refractivity contribution is 5.80. The minimum Gasteiger partial charge on any atom is -0.307 e. The van der Waals surface area contributed by atoms with Crippen LogP contribution in [0.3, 0.4) is 0 Å². The Bertz CT molecular complexity index is 973. The van der Waals surface area contributed by atoms with Gasteiger partial charge in [-0.2, -0.15) is 0 Å². The Balaban J connectivity index is 1.72. The van der Waals surface area contributed by atoms with Gasteiger partial charge in [-0.05, 0) is 30.4 Å².